The SMILES string of the molecule is CCn1c(CSc2nc(C)cc(C)n2)nnc1SCC(=O)O. The van der Waals surface area contributed by atoms with E-state index in [0.29, 0.717) is 22.6 Å². The van der Waals surface area contributed by atoms with Crippen molar-refractivity contribution in [2.24, 2.45) is 0 Å². The quantitative estimate of drug-likeness (QED) is 0.606. The first-order valence-corrected chi connectivity index (χ1v) is 8.68. The fraction of sp³-hybridized carbons (Fsp3) is 0.462. The van der Waals surface area contributed by atoms with Crippen LogP contribution in [0.25, 0.3) is 0 Å². The zero-order valence-corrected chi connectivity index (χ0v) is 14.2. The van der Waals surface area contributed by atoms with E-state index in [1.807, 2.05) is 31.4 Å². The molecule has 0 aliphatic carbocycles. The van der Waals surface area contributed by atoms with Crippen molar-refractivity contribution in [3.63, 3.8) is 0 Å². The molecule has 1 N–H and O–H groups in total. The lowest BCUT2D eigenvalue weighted by molar-refractivity contribution is -0.133. The Kier molecular flexibility index (Phi) is 5.78. The van der Waals surface area contributed by atoms with Crippen LogP contribution in [0, 0.1) is 13.8 Å². The van der Waals surface area contributed by atoms with Gasteiger partial charge in [0.05, 0.1) is 11.5 Å². The number of thioether (sulfide) groups is 2. The van der Waals surface area contributed by atoms with Crippen LogP contribution in [0.15, 0.2) is 16.4 Å². The lowest BCUT2D eigenvalue weighted by Gasteiger charge is -2.06. The normalized spacial score (nSPS) is 10.9. The fourth-order valence-corrected chi connectivity index (χ4v) is 3.49. The molecule has 0 atom stereocenters. The number of rotatable bonds is 7. The van der Waals surface area contributed by atoms with Crippen LogP contribution in [-0.4, -0.2) is 41.6 Å². The van der Waals surface area contributed by atoms with Crippen LogP contribution in [0.4, 0.5) is 0 Å². The first-order valence-electron chi connectivity index (χ1n) is 6.71. The molecule has 2 aromatic heterocycles. The zero-order valence-electron chi connectivity index (χ0n) is 12.6. The van der Waals surface area contributed by atoms with Gasteiger partial charge in [-0.05, 0) is 26.8 Å². The molecule has 0 amide bonds. The Morgan fingerprint density at radius 1 is 1.23 bits per heavy atom. The number of hydrogen-bond donors (Lipinski definition) is 1. The standard InChI is InChI=1S/C13H17N5O2S2/c1-4-18-10(16-17-13(18)22-7-11(19)20)6-21-12-14-8(2)5-9(3)15-12/h5H,4,6-7H2,1-3H3,(H,19,20). The summed E-state index contributed by atoms with van der Waals surface area (Å²) in [6.07, 6.45) is 0. The van der Waals surface area contributed by atoms with E-state index in [1.54, 1.807) is 0 Å². The number of nitrogens with zero attached hydrogens (tertiary/aromatic N) is 5. The second-order valence-corrected chi connectivity index (χ2v) is 6.43. The minimum Gasteiger partial charge on any atom is -0.481 e. The molecule has 0 aliphatic heterocycles. The van der Waals surface area contributed by atoms with Gasteiger partial charge in [0.25, 0.3) is 0 Å². The zero-order chi connectivity index (χ0) is 16.1. The third-order valence-electron chi connectivity index (χ3n) is 2.73. The third kappa shape index (κ3) is 4.44. The summed E-state index contributed by atoms with van der Waals surface area (Å²) in [5.74, 6) is 0.501. The van der Waals surface area contributed by atoms with Crippen molar-refractivity contribution in [2.75, 3.05) is 5.75 Å². The Balaban J connectivity index is 2.07. The molecular weight excluding hydrogens is 322 g/mol. The lowest BCUT2D eigenvalue weighted by Crippen LogP contribution is -2.05. The maximum Gasteiger partial charge on any atom is 0.313 e. The second kappa shape index (κ2) is 7.59. The number of carbonyl (C=O) groups is 1. The van der Waals surface area contributed by atoms with Crippen LogP contribution in [-0.2, 0) is 17.1 Å². The van der Waals surface area contributed by atoms with Gasteiger partial charge in [0.1, 0.15) is 5.82 Å². The molecule has 2 heterocycles. The number of aromatic nitrogens is 5. The van der Waals surface area contributed by atoms with Crippen LogP contribution in [0.3, 0.4) is 0 Å². The van der Waals surface area contributed by atoms with E-state index in [1.165, 1.54) is 23.5 Å². The molecule has 2 aromatic rings. The molecular formula is C13H17N5O2S2. The minimum atomic E-state index is -0.866. The van der Waals surface area contributed by atoms with E-state index in [0.717, 1.165) is 17.2 Å². The molecule has 22 heavy (non-hydrogen) atoms. The molecule has 0 unspecified atom stereocenters. The number of hydrogen-bond acceptors (Lipinski definition) is 7. The predicted molar refractivity (Wildman–Crippen MR) is 85.1 cm³/mol. The monoisotopic (exact) mass is 339 g/mol. The van der Waals surface area contributed by atoms with Crippen molar-refractivity contribution in [1.29, 1.82) is 0 Å². The molecule has 7 nitrogen and oxygen atoms in total. The molecule has 0 radical (unpaired) electrons. The van der Waals surface area contributed by atoms with Gasteiger partial charge in [-0.15, -0.1) is 10.2 Å². The van der Waals surface area contributed by atoms with Gasteiger partial charge in [0.2, 0.25) is 0 Å². The molecule has 9 heteroatoms. The number of carboxylic acid groups (broad SMARTS) is 1. The molecule has 0 aromatic carbocycles. The van der Waals surface area contributed by atoms with Crippen LogP contribution in [0.2, 0.25) is 0 Å². The Bertz CT molecular complexity index is 654. The highest BCUT2D eigenvalue weighted by molar-refractivity contribution is 7.99. The summed E-state index contributed by atoms with van der Waals surface area (Å²) in [6, 6.07) is 1.93. The van der Waals surface area contributed by atoms with E-state index in [4.69, 9.17) is 5.11 Å². The summed E-state index contributed by atoms with van der Waals surface area (Å²) < 4.78 is 1.92. The molecule has 118 valence electrons. The smallest absolute Gasteiger partial charge is 0.313 e. The van der Waals surface area contributed by atoms with Gasteiger partial charge in [0.15, 0.2) is 10.3 Å². The van der Waals surface area contributed by atoms with Gasteiger partial charge in [-0.2, -0.15) is 0 Å². The van der Waals surface area contributed by atoms with E-state index in [-0.39, 0.29) is 5.75 Å². The maximum absolute atomic E-state index is 10.7. The summed E-state index contributed by atoms with van der Waals surface area (Å²) in [6.45, 7) is 6.55. The number of aliphatic carboxylic acids is 1. The number of carboxylic acids is 1. The maximum atomic E-state index is 10.7. The Hall–Kier alpha value is -1.61. The average Bonchev–Trinajstić information content (AvgIpc) is 2.83. The summed E-state index contributed by atoms with van der Waals surface area (Å²) in [5, 5.41) is 18.3. The summed E-state index contributed by atoms with van der Waals surface area (Å²) >= 11 is 2.67. The topological polar surface area (TPSA) is 93.8 Å². The third-order valence-corrected chi connectivity index (χ3v) is 4.52. The van der Waals surface area contributed by atoms with Crippen molar-refractivity contribution < 1.29 is 9.90 Å². The number of aryl methyl sites for hydroxylation is 2. The van der Waals surface area contributed by atoms with Crippen molar-refractivity contribution in [2.45, 2.75) is 43.4 Å². The first-order chi connectivity index (χ1) is 10.5. The highest BCUT2D eigenvalue weighted by atomic mass is 32.2. The fourth-order valence-electron chi connectivity index (χ4n) is 1.86. The van der Waals surface area contributed by atoms with Gasteiger partial charge in [-0.3, -0.25) is 4.79 Å². The summed E-state index contributed by atoms with van der Waals surface area (Å²) in [7, 11) is 0. The predicted octanol–water partition coefficient (Wildman–Crippen LogP) is 2.17. The van der Waals surface area contributed by atoms with Gasteiger partial charge in [0, 0.05) is 17.9 Å². The molecule has 0 saturated carbocycles. The van der Waals surface area contributed by atoms with Crippen LogP contribution >= 0.6 is 23.5 Å². The Morgan fingerprint density at radius 3 is 2.50 bits per heavy atom. The average molecular weight is 339 g/mol. The summed E-state index contributed by atoms with van der Waals surface area (Å²) in [5.41, 5.74) is 1.87. The van der Waals surface area contributed by atoms with E-state index < -0.39 is 5.97 Å². The van der Waals surface area contributed by atoms with Gasteiger partial charge in [-0.1, -0.05) is 23.5 Å². The van der Waals surface area contributed by atoms with Gasteiger partial charge < -0.3 is 9.67 Å². The molecule has 0 spiro atoms. The molecule has 0 saturated heterocycles. The van der Waals surface area contributed by atoms with Crippen molar-refractivity contribution in [3.05, 3.63) is 23.3 Å². The summed E-state index contributed by atoms with van der Waals surface area (Å²) in [4.78, 5) is 19.4. The molecule has 0 bridgehead atoms. The van der Waals surface area contributed by atoms with Gasteiger partial charge >= 0.3 is 5.97 Å². The van der Waals surface area contributed by atoms with E-state index in [2.05, 4.69) is 20.2 Å². The molecule has 2 rings (SSSR count). The van der Waals surface area contributed by atoms with E-state index in [9.17, 15) is 4.79 Å². The van der Waals surface area contributed by atoms with Crippen LogP contribution in [0.1, 0.15) is 24.1 Å². The van der Waals surface area contributed by atoms with Crippen LogP contribution in [0.5, 0.6) is 0 Å². The largest absolute Gasteiger partial charge is 0.481 e. The van der Waals surface area contributed by atoms with Gasteiger partial charge in [-0.25, -0.2) is 9.97 Å². The molecule has 0 aliphatic rings. The molecule has 0 fully saturated rings. The van der Waals surface area contributed by atoms with Crippen molar-refractivity contribution in [3.8, 4) is 0 Å². The minimum absolute atomic E-state index is 0.0224. The Labute approximate surface area is 137 Å². The lowest BCUT2D eigenvalue weighted by atomic mass is 10.4. The highest BCUT2D eigenvalue weighted by Gasteiger charge is 2.13. The van der Waals surface area contributed by atoms with Crippen molar-refractivity contribution in [1.82, 2.24) is 24.7 Å². The first kappa shape index (κ1) is 16.8. The van der Waals surface area contributed by atoms with Crippen molar-refractivity contribution >= 4 is 29.5 Å². The highest BCUT2D eigenvalue weighted by Crippen LogP contribution is 2.22. The van der Waals surface area contributed by atoms with E-state index >= 15 is 0 Å². The van der Waals surface area contributed by atoms with Crippen LogP contribution < -0.4 is 0 Å². The second-order valence-electron chi connectivity index (χ2n) is 4.55. The Morgan fingerprint density at radius 2 is 1.91 bits per heavy atom.